The molecule has 110 valence electrons. The van der Waals surface area contributed by atoms with Crippen molar-refractivity contribution in [1.29, 1.82) is 0 Å². The first-order chi connectivity index (χ1) is 10.2. The van der Waals surface area contributed by atoms with Gasteiger partial charge in [0.25, 0.3) is 5.82 Å². The monoisotopic (exact) mass is 308 g/mol. The van der Waals surface area contributed by atoms with Gasteiger partial charge in [-0.25, -0.2) is 4.98 Å². The summed E-state index contributed by atoms with van der Waals surface area (Å²) in [6.45, 7) is 1.53. The van der Waals surface area contributed by atoms with Gasteiger partial charge in [-0.1, -0.05) is 29.8 Å². The van der Waals surface area contributed by atoms with Crippen LogP contribution in [0.1, 0.15) is 5.56 Å². The molecule has 0 atom stereocenters. The number of benzene rings is 1. The lowest BCUT2D eigenvalue weighted by atomic mass is 10.2. The lowest BCUT2D eigenvalue weighted by molar-refractivity contribution is -0.413. The average Bonchev–Trinajstić information content (AvgIpc) is 2.49. The number of aromatic nitrogens is 1. The van der Waals surface area contributed by atoms with E-state index in [4.69, 9.17) is 16.3 Å². The van der Waals surface area contributed by atoms with Crippen LogP contribution in [0.3, 0.4) is 0 Å². The summed E-state index contributed by atoms with van der Waals surface area (Å²) in [4.78, 5) is 12.9. The van der Waals surface area contributed by atoms with E-state index in [9.17, 15) is 10.1 Å². The molecule has 0 unspecified atom stereocenters. The molecule has 1 aromatic carbocycles. The predicted octanol–water partition coefficient (Wildman–Crippen LogP) is 2.69. The van der Waals surface area contributed by atoms with Crippen LogP contribution in [0, 0.1) is 10.1 Å². The fraction of sp³-hybridized carbons (Fsp3) is 0.214. The highest BCUT2D eigenvalue weighted by atomic mass is 35.5. The first-order valence-corrected chi connectivity index (χ1v) is 6.76. The second-order valence-corrected chi connectivity index (χ2v) is 4.70. The average molecular weight is 309 g/mol. The molecular formula is C14H15ClN3O3+. The van der Waals surface area contributed by atoms with Gasteiger partial charge in [0.1, 0.15) is 6.54 Å². The van der Waals surface area contributed by atoms with Gasteiger partial charge in [-0.05, 0) is 11.6 Å². The predicted molar refractivity (Wildman–Crippen MR) is 79.2 cm³/mol. The van der Waals surface area contributed by atoms with Crippen LogP contribution >= 0.6 is 11.6 Å². The summed E-state index contributed by atoms with van der Waals surface area (Å²) in [7, 11) is 0. The molecule has 0 radical (unpaired) electrons. The van der Waals surface area contributed by atoms with Gasteiger partial charge in [-0.2, -0.15) is 0 Å². The van der Waals surface area contributed by atoms with E-state index in [1.165, 1.54) is 12.3 Å². The fourth-order valence-electron chi connectivity index (χ4n) is 1.70. The zero-order valence-electron chi connectivity index (χ0n) is 11.2. The first kappa shape index (κ1) is 15.2. The minimum absolute atomic E-state index is 0.0236. The molecule has 2 N–H and O–H groups in total. The Balaban J connectivity index is 1.70. The number of anilines is 1. The van der Waals surface area contributed by atoms with E-state index in [1.807, 2.05) is 24.3 Å². The van der Waals surface area contributed by atoms with E-state index in [-0.39, 0.29) is 5.69 Å². The Morgan fingerprint density at radius 3 is 2.76 bits per heavy atom. The molecular weight excluding hydrogens is 294 g/mol. The molecule has 0 bridgehead atoms. The highest BCUT2D eigenvalue weighted by Gasteiger charge is 2.08. The van der Waals surface area contributed by atoms with Gasteiger partial charge in [-0.3, -0.25) is 15.4 Å². The maximum atomic E-state index is 10.5. The van der Waals surface area contributed by atoms with Crippen molar-refractivity contribution in [3.05, 3.63) is 63.3 Å². The minimum Gasteiger partial charge on any atom is -0.373 e. The number of halogens is 1. The molecule has 1 heterocycles. The smallest absolute Gasteiger partial charge is 0.308 e. The van der Waals surface area contributed by atoms with E-state index in [0.717, 1.165) is 5.56 Å². The van der Waals surface area contributed by atoms with Gasteiger partial charge >= 0.3 is 5.69 Å². The van der Waals surface area contributed by atoms with Gasteiger partial charge in [0, 0.05) is 17.2 Å². The minimum atomic E-state index is -0.451. The molecule has 0 saturated carbocycles. The molecule has 0 saturated heterocycles. The van der Waals surface area contributed by atoms with Crippen molar-refractivity contribution in [2.24, 2.45) is 0 Å². The van der Waals surface area contributed by atoms with Gasteiger partial charge in [0.15, 0.2) is 6.20 Å². The van der Waals surface area contributed by atoms with E-state index >= 15 is 0 Å². The summed E-state index contributed by atoms with van der Waals surface area (Å²) in [6, 6.07) is 10.6. The second-order valence-electron chi connectivity index (χ2n) is 4.29. The maximum Gasteiger partial charge on any atom is 0.308 e. The quantitative estimate of drug-likeness (QED) is 0.484. The Morgan fingerprint density at radius 1 is 1.29 bits per heavy atom. The zero-order valence-corrected chi connectivity index (χ0v) is 12.0. The molecule has 0 aliphatic rings. The number of H-pyrrole nitrogens is 1. The highest BCUT2D eigenvalue weighted by Crippen LogP contribution is 2.15. The van der Waals surface area contributed by atoms with Crippen LogP contribution in [-0.4, -0.2) is 18.1 Å². The van der Waals surface area contributed by atoms with Crippen molar-refractivity contribution in [1.82, 2.24) is 0 Å². The summed E-state index contributed by atoms with van der Waals surface area (Å²) >= 11 is 6.02. The molecule has 21 heavy (non-hydrogen) atoms. The molecule has 2 aromatic rings. The standard InChI is InChI=1S/C14H14ClN3O3/c15-13-4-2-1-3-11(13)10-21-8-7-16-14-6-5-12(9-17-14)18(19)20/h1-6,9H,7-8,10H2,(H,16,17)/p+1. The van der Waals surface area contributed by atoms with Crippen LogP contribution in [0.4, 0.5) is 11.5 Å². The number of rotatable bonds is 7. The first-order valence-electron chi connectivity index (χ1n) is 6.38. The third-order valence-electron chi connectivity index (χ3n) is 2.78. The van der Waals surface area contributed by atoms with Crippen LogP contribution < -0.4 is 10.3 Å². The van der Waals surface area contributed by atoms with Gasteiger partial charge in [0.2, 0.25) is 0 Å². The third kappa shape index (κ3) is 4.70. The van der Waals surface area contributed by atoms with Crippen LogP contribution in [0.2, 0.25) is 5.02 Å². The molecule has 7 heteroatoms. The Kier molecular flexibility index (Phi) is 5.48. The van der Waals surface area contributed by atoms with Crippen molar-refractivity contribution >= 4 is 23.1 Å². The van der Waals surface area contributed by atoms with Crippen molar-refractivity contribution < 1.29 is 14.6 Å². The van der Waals surface area contributed by atoms with Crippen molar-refractivity contribution in [2.75, 3.05) is 18.5 Å². The van der Waals surface area contributed by atoms with Crippen molar-refractivity contribution in [3.63, 3.8) is 0 Å². The number of hydrogen-bond acceptors (Lipinski definition) is 4. The van der Waals surface area contributed by atoms with E-state index < -0.39 is 4.92 Å². The van der Waals surface area contributed by atoms with Crippen LogP contribution in [0.5, 0.6) is 0 Å². The fourth-order valence-corrected chi connectivity index (χ4v) is 1.89. The number of nitrogens with zero attached hydrogens (tertiary/aromatic N) is 1. The van der Waals surface area contributed by atoms with Gasteiger partial charge in [0.05, 0.1) is 18.1 Å². The lowest BCUT2D eigenvalue weighted by Crippen LogP contribution is -2.17. The molecule has 0 spiro atoms. The van der Waals surface area contributed by atoms with Crippen molar-refractivity contribution in [3.8, 4) is 0 Å². The number of aromatic amines is 1. The Hall–Kier alpha value is -2.18. The summed E-state index contributed by atoms with van der Waals surface area (Å²) in [5.74, 6) is 0.696. The Labute approximate surface area is 126 Å². The van der Waals surface area contributed by atoms with E-state index in [1.54, 1.807) is 6.07 Å². The van der Waals surface area contributed by atoms with Crippen LogP contribution in [0.15, 0.2) is 42.6 Å². The molecule has 1 aromatic heterocycles. The molecule has 0 aliphatic heterocycles. The largest absolute Gasteiger partial charge is 0.373 e. The topological polar surface area (TPSA) is 78.5 Å². The number of hydrogen-bond donors (Lipinski definition) is 1. The van der Waals surface area contributed by atoms with Crippen LogP contribution in [0.25, 0.3) is 0 Å². The number of nitro groups is 1. The second kappa shape index (κ2) is 7.56. The van der Waals surface area contributed by atoms with E-state index in [0.29, 0.717) is 30.6 Å². The van der Waals surface area contributed by atoms with Crippen LogP contribution in [-0.2, 0) is 11.3 Å². The molecule has 2 rings (SSSR count). The summed E-state index contributed by atoms with van der Waals surface area (Å²) in [5, 5.41) is 14.3. The van der Waals surface area contributed by atoms with Gasteiger partial charge < -0.3 is 4.74 Å². The summed E-state index contributed by atoms with van der Waals surface area (Å²) in [5.41, 5.74) is 0.969. The Bertz CT molecular complexity index is 605. The highest BCUT2D eigenvalue weighted by molar-refractivity contribution is 6.31. The van der Waals surface area contributed by atoms with Gasteiger partial charge in [-0.15, -0.1) is 0 Å². The number of nitrogens with one attached hydrogen (secondary N) is 2. The SMILES string of the molecule is O=[N+]([O-])c1ccc(NCCOCc2ccccc2Cl)[nH+]c1. The number of pyridine rings is 1. The summed E-state index contributed by atoms with van der Waals surface area (Å²) < 4.78 is 5.52. The molecule has 0 aliphatic carbocycles. The molecule has 6 nitrogen and oxygen atoms in total. The Morgan fingerprint density at radius 2 is 2.10 bits per heavy atom. The maximum absolute atomic E-state index is 10.5. The van der Waals surface area contributed by atoms with E-state index in [2.05, 4.69) is 10.3 Å². The molecule has 0 amide bonds. The normalized spacial score (nSPS) is 10.3. The van der Waals surface area contributed by atoms with Crippen molar-refractivity contribution in [2.45, 2.75) is 6.61 Å². The third-order valence-corrected chi connectivity index (χ3v) is 3.15. The number of ether oxygens (including phenoxy) is 1. The summed E-state index contributed by atoms with van der Waals surface area (Å²) in [6.07, 6.45) is 1.34. The lowest BCUT2D eigenvalue weighted by Gasteiger charge is -2.05. The molecule has 0 fully saturated rings. The zero-order chi connectivity index (χ0) is 15.1.